The summed E-state index contributed by atoms with van der Waals surface area (Å²) in [6, 6.07) is 11.6. The van der Waals surface area contributed by atoms with E-state index in [1.165, 1.54) is 0 Å². The number of rotatable bonds is 3. The maximum atomic E-state index is 12.7. The lowest BCUT2D eigenvalue weighted by Crippen LogP contribution is -2.52. The molecule has 36 heavy (non-hydrogen) atoms. The molecule has 0 bridgehead atoms. The van der Waals surface area contributed by atoms with Gasteiger partial charge in [0.25, 0.3) is 5.91 Å². The molecule has 1 unspecified atom stereocenters. The average molecular weight is 508 g/mol. The van der Waals surface area contributed by atoms with E-state index in [9.17, 15) is 22.8 Å². The number of likely N-dealkylation sites (tertiary alicyclic amines) is 1. The molecule has 4 rings (SSSR count). The summed E-state index contributed by atoms with van der Waals surface area (Å²) in [5.41, 5.74) is 1.41. The highest BCUT2D eigenvalue weighted by molar-refractivity contribution is 5.93. The number of hydrogen-bond acceptors (Lipinski definition) is 5. The lowest BCUT2D eigenvalue weighted by molar-refractivity contribution is -0.192. The number of aliphatic carboxylic acids is 1. The highest BCUT2D eigenvalue weighted by atomic mass is 19.4. The van der Waals surface area contributed by atoms with E-state index in [4.69, 9.17) is 14.6 Å². The number of carbonyl (C=O) groups is 3. The number of carboxylic acids is 1. The molecule has 1 N–H and O–H groups in total. The Labute approximate surface area is 206 Å². The topological polar surface area (TPSA) is 100 Å². The van der Waals surface area contributed by atoms with Gasteiger partial charge in [-0.1, -0.05) is 18.2 Å². The largest absolute Gasteiger partial charge is 0.490 e. The van der Waals surface area contributed by atoms with Crippen LogP contribution in [0.15, 0.2) is 48.8 Å². The van der Waals surface area contributed by atoms with Gasteiger partial charge in [-0.05, 0) is 30.2 Å². The van der Waals surface area contributed by atoms with E-state index in [2.05, 4.69) is 11.1 Å². The molecule has 8 nitrogen and oxygen atoms in total. The van der Waals surface area contributed by atoms with Crippen LogP contribution in [0.1, 0.15) is 47.5 Å². The van der Waals surface area contributed by atoms with Gasteiger partial charge in [0.1, 0.15) is 11.4 Å². The SMILES string of the molecule is CN(C)C(=O)CC1CC2(CCN(C(=O)c3cccnc3)CC2)Oc2ccccc21.O=C(O)C(F)(F)F. The first-order valence-electron chi connectivity index (χ1n) is 11.4. The summed E-state index contributed by atoms with van der Waals surface area (Å²) in [6.45, 7) is 1.29. The van der Waals surface area contributed by atoms with Gasteiger partial charge >= 0.3 is 12.1 Å². The molecule has 2 aromatic rings. The van der Waals surface area contributed by atoms with Crippen molar-refractivity contribution in [2.24, 2.45) is 0 Å². The number of halogens is 3. The first kappa shape index (κ1) is 27.0. The van der Waals surface area contributed by atoms with Crippen molar-refractivity contribution in [1.82, 2.24) is 14.8 Å². The van der Waals surface area contributed by atoms with Crippen molar-refractivity contribution >= 4 is 17.8 Å². The predicted octanol–water partition coefficient (Wildman–Crippen LogP) is 3.73. The van der Waals surface area contributed by atoms with Crippen LogP contribution in [-0.4, -0.2) is 76.6 Å². The molecule has 1 aromatic carbocycles. The summed E-state index contributed by atoms with van der Waals surface area (Å²) < 4.78 is 38.2. The number of para-hydroxylation sites is 1. The van der Waals surface area contributed by atoms with Gasteiger partial charge in [-0.15, -0.1) is 0 Å². The summed E-state index contributed by atoms with van der Waals surface area (Å²) in [5, 5.41) is 7.12. The number of fused-ring (bicyclic) bond motifs is 1. The number of benzene rings is 1. The third-order valence-electron chi connectivity index (χ3n) is 6.34. The molecule has 0 saturated carbocycles. The second kappa shape index (κ2) is 11.0. The van der Waals surface area contributed by atoms with Crippen LogP contribution in [0, 0.1) is 0 Å². The number of hydrogen-bond donors (Lipinski definition) is 1. The van der Waals surface area contributed by atoms with Gasteiger partial charge in [-0.25, -0.2) is 4.79 Å². The minimum absolute atomic E-state index is 0.0171. The molecule has 1 saturated heterocycles. The number of ether oxygens (including phenoxy) is 1. The summed E-state index contributed by atoms with van der Waals surface area (Å²) >= 11 is 0. The molecule has 11 heteroatoms. The zero-order valence-electron chi connectivity index (χ0n) is 20.0. The number of alkyl halides is 3. The normalized spacial score (nSPS) is 18.2. The van der Waals surface area contributed by atoms with Gasteiger partial charge < -0.3 is 19.6 Å². The van der Waals surface area contributed by atoms with E-state index < -0.39 is 12.1 Å². The summed E-state index contributed by atoms with van der Waals surface area (Å²) in [4.78, 5) is 41.6. The van der Waals surface area contributed by atoms with Crippen LogP contribution in [0.5, 0.6) is 5.75 Å². The standard InChI is InChI=1S/C23H27N3O3.C2HF3O2/c1-25(2)21(27)14-18-15-23(29-20-8-4-3-7-19(18)20)9-12-26(13-10-23)22(28)17-6-5-11-24-16-17;3-2(4,5)1(6)7/h3-8,11,16,18H,9-10,12-15H2,1-2H3;(H,6,7). The molecule has 1 spiro atoms. The number of nitrogens with zero attached hydrogens (tertiary/aromatic N) is 3. The summed E-state index contributed by atoms with van der Waals surface area (Å²) in [5.74, 6) is -1.60. The first-order valence-corrected chi connectivity index (χ1v) is 11.4. The molecule has 0 radical (unpaired) electrons. The van der Waals surface area contributed by atoms with Crippen LogP contribution in [0.4, 0.5) is 13.2 Å². The molecular formula is C25H28F3N3O5. The zero-order chi connectivity index (χ0) is 26.5. The zero-order valence-corrected chi connectivity index (χ0v) is 20.0. The molecular weight excluding hydrogens is 479 g/mol. The third-order valence-corrected chi connectivity index (χ3v) is 6.34. The Bertz CT molecular complexity index is 1080. The number of carbonyl (C=O) groups excluding carboxylic acids is 2. The van der Waals surface area contributed by atoms with E-state index in [1.54, 1.807) is 43.5 Å². The Balaban J connectivity index is 0.000000454. The van der Waals surface area contributed by atoms with Crippen LogP contribution < -0.4 is 4.74 Å². The maximum absolute atomic E-state index is 12.7. The first-order chi connectivity index (χ1) is 16.9. The molecule has 1 aromatic heterocycles. The van der Waals surface area contributed by atoms with Gasteiger partial charge in [0.15, 0.2) is 0 Å². The minimum atomic E-state index is -5.08. The Morgan fingerprint density at radius 3 is 2.33 bits per heavy atom. The fourth-order valence-corrected chi connectivity index (χ4v) is 4.42. The van der Waals surface area contributed by atoms with Crippen molar-refractivity contribution in [1.29, 1.82) is 0 Å². The Hall–Kier alpha value is -3.63. The maximum Gasteiger partial charge on any atom is 0.490 e. The van der Waals surface area contributed by atoms with Crippen LogP contribution in [0.25, 0.3) is 0 Å². The van der Waals surface area contributed by atoms with Crippen molar-refractivity contribution in [3.63, 3.8) is 0 Å². The lowest BCUT2D eigenvalue weighted by Gasteiger charge is -2.47. The second-order valence-corrected chi connectivity index (χ2v) is 9.05. The van der Waals surface area contributed by atoms with Crippen molar-refractivity contribution in [3.8, 4) is 5.75 Å². The molecule has 1 atom stereocenters. The van der Waals surface area contributed by atoms with Crippen LogP contribution in [0.3, 0.4) is 0 Å². The number of aromatic nitrogens is 1. The van der Waals surface area contributed by atoms with Gasteiger partial charge in [-0.2, -0.15) is 13.2 Å². The molecule has 194 valence electrons. The molecule has 3 heterocycles. The van der Waals surface area contributed by atoms with Crippen molar-refractivity contribution in [2.75, 3.05) is 27.2 Å². The van der Waals surface area contributed by atoms with Crippen molar-refractivity contribution < 1.29 is 37.4 Å². The highest BCUT2D eigenvalue weighted by Crippen LogP contribution is 2.46. The van der Waals surface area contributed by atoms with Crippen LogP contribution in [-0.2, 0) is 9.59 Å². The van der Waals surface area contributed by atoms with Gasteiger partial charge in [-0.3, -0.25) is 14.6 Å². The third kappa shape index (κ3) is 6.52. The average Bonchev–Trinajstić information content (AvgIpc) is 2.84. The Kier molecular flexibility index (Phi) is 8.21. The predicted molar refractivity (Wildman–Crippen MR) is 124 cm³/mol. The smallest absolute Gasteiger partial charge is 0.487 e. The van der Waals surface area contributed by atoms with Crippen LogP contribution in [0.2, 0.25) is 0 Å². The molecule has 2 aliphatic rings. The van der Waals surface area contributed by atoms with E-state index in [-0.39, 0.29) is 23.3 Å². The highest BCUT2D eigenvalue weighted by Gasteiger charge is 2.44. The van der Waals surface area contributed by atoms with Gasteiger partial charge in [0, 0.05) is 64.8 Å². The Morgan fingerprint density at radius 2 is 1.78 bits per heavy atom. The number of piperidine rings is 1. The summed E-state index contributed by atoms with van der Waals surface area (Å²) in [6.07, 6.45) is 1.01. The van der Waals surface area contributed by atoms with E-state index in [1.807, 2.05) is 23.1 Å². The summed E-state index contributed by atoms with van der Waals surface area (Å²) in [7, 11) is 3.59. The number of carboxylic acid groups (broad SMARTS) is 1. The molecule has 0 aliphatic carbocycles. The van der Waals surface area contributed by atoms with Crippen LogP contribution >= 0.6 is 0 Å². The van der Waals surface area contributed by atoms with Crippen molar-refractivity contribution in [3.05, 3.63) is 59.9 Å². The lowest BCUT2D eigenvalue weighted by atomic mass is 9.76. The van der Waals surface area contributed by atoms with Gasteiger partial charge in [0.2, 0.25) is 5.91 Å². The fraction of sp³-hybridized carbons (Fsp3) is 0.440. The quantitative estimate of drug-likeness (QED) is 0.680. The monoisotopic (exact) mass is 507 g/mol. The molecule has 2 amide bonds. The van der Waals surface area contributed by atoms with E-state index in [0.29, 0.717) is 25.1 Å². The second-order valence-electron chi connectivity index (χ2n) is 9.05. The Morgan fingerprint density at radius 1 is 1.14 bits per heavy atom. The van der Waals surface area contributed by atoms with E-state index in [0.717, 1.165) is 30.6 Å². The fourth-order valence-electron chi connectivity index (χ4n) is 4.42. The number of amides is 2. The minimum Gasteiger partial charge on any atom is -0.487 e. The van der Waals surface area contributed by atoms with Gasteiger partial charge in [0.05, 0.1) is 5.56 Å². The molecule has 1 fully saturated rings. The van der Waals surface area contributed by atoms with E-state index >= 15 is 0 Å². The van der Waals surface area contributed by atoms with Crippen molar-refractivity contribution in [2.45, 2.75) is 43.4 Å². The number of pyridine rings is 1. The molecule has 2 aliphatic heterocycles.